The van der Waals surface area contributed by atoms with Gasteiger partial charge in [0.1, 0.15) is 6.10 Å². The highest BCUT2D eigenvalue weighted by molar-refractivity contribution is 7.80. The fraction of sp³-hybridized carbons (Fsp3) is 0.923. The van der Waals surface area contributed by atoms with Crippen LogP contribution in [-0.2, 0) is 4.74 Å². The van der Waals surface area contributed by atoms with Crippen molar-refractivity contribution in [2.75, 3.05) is 0 Å². The van der Waals surface area contributed by atoms with Crippen LogP contribution in [-0.4, -0.2) is 17.3 Å². The molecular weight excluding hydrogens is 218 g/mol. The van der Waals surface area contributed by atoms with Gasteiger partial charge in [0.2, 0.25) is 0 Å². The molecule has 0 aromatic rings. The predicted octanol–water partition coefficient (Wildman–Crippen LogP) is 3.54. The van der Waals surface area contributed by atoms with Crippen LogP contribution in [0.5, 0.6) is 0 Å². The average Bonchev–Trinajstić information content (AvgIpc) is 2.31. The quantitative estimate of drug-likeness (QED) is 0.747. The van der Waals surface area contributed by atoms with Gasteiger partial charge >= 0.3 is 0 Å². The zero-order chi connectivity index (χ0) is 11.2. The van der Waals surface area contributed by atoms with Crippen LogP contribution in [0.4, 0.5) is 0 Å². The van der Waals surface area contributed by atoms with Gasteiger partial charge in [0, 0.05) is 6.04 Å². The highest BCUT2D eigenvalue weighted by atomic mass is 32.1. The van der Waals surface area contributed by atoms with E-state index >= 15 is 0 Å². The highest BCUT2D eigenvalue weighted by Gasteiger charge is 2.18. The van der Waals surface area contributed by atoms with Crippen LogP contribution < -0.4 is 5.32 Å². The standard InChI is InChI=1S/C13H23NOS/c16-13(14-11-7-3-1-4-8-11)15-12-9-5-2-6-10-12/h11-12H,1-10H2,(H,14,16). The van der Waals surface area contributed by atoms with Crippen LogP contribution in [0, 0.1) is 0 Å². The highest BCUT2D eigenvalue weighted by Crippen LogP contribution is 2.21. The maximum atomic E-state index is 5.81. The lowest BCUT2D eigenvalue weighted by Gasteiger charge is -2.27. The Balaban J connectivity index is 1.66. The van der Waals surface area contributed by atoms with Gasteiger partial charge in [0.05, 0.1) is 0 Å². The van der Waals surface area contributed by atoms with E-state index in [0.29, 0.717) is 17.3 Å². The van der Waals surface area contributed by atoms with Crippen molar-refractivity contribution in [2.24, 2.45) is 0 Å². The lowest BCUT2D eigenvalue weighted by atomic mass is 9.96. The maximum Gasteiger partial charge on any atom is 0.257 e. The summed E-state index contributed by atoms with van der Waals surface area (Å²) in [7, 11) is 0. The predicted molar refractivity (Wildman–Crippen MR) is 70.6 cm³/mol. The van der Waals surface area contributed by atoms with Crippen molar-refractivity contribution in [3.05, 3.63) is 0 Å². The molecule has 92 valence electrons. The number of rotatable bonds is 2. The Hall–Kier alpha value is -0.310. The fourth-order valence-electron chi connectivity index (χ4n) is 2.78. The van der Waals surface area contributed by atoms with E-state index in [1.54, 1.807) is 0 Å². The topological polar surface area (TPSA) is 21.3 Å². The van der Waals surface area contributed by atoms with Gasteiger partial charge in [-0.05, 0) is 50.7 Å². The molecule has 0 bridgehead atoms. The van der Waals surface area contributed by atoms with Crippen molar-refractivity contribution >= 4 is 17.4 Å². The van der Waals surface area contributed by atoms with Crippen LogP contribution in [0.1, 0.15) is 64.2 Å². The second-order valence-corrected chi connectivity index (χ2v) is 5.52. The molecule has 3 heteroatoms. The number of hydrogen-bond donors (Lipinski definition) is 1. The second kappa shape index (κ2) is 6.43. The first-order valence-electron chi connectivity index (χ1n) is 6.82. The van der Waals surface area contributed by atoms with Crippen LogP contribution in [0.2, 0.25) is 0 Å². The summed E-state index contributed by atoms with van der Waals surface area (Å²) in [5.74, 6) is 0. The molecule has 2 aliphatic carbocycles. The van der Waals surface area contributed by atoms with Gasteiger partial charge in [-0.2, -0.15) is 0 Å². The third kappa shape index (κ3) is 3.93. The summed E-state index contributed by atoms with van der Waals surface area (Å²) in [6, 6.07) is 0.574. The molecule has 2 aliphatic rings. The number of ether oxygens (including phenoxy) is 1. The number of thiocarbonyl (C=S) groups is 1. The van der Waals surface area contributed by atoms with Gasteiger partial charge in [0.25, 0.3) is 5.17 Å². The molecular formula is C13H23NOS. The SMILES string of the molecule is S=C(NC1CCCCC1)OC1CCCCC1. The van der Waals surface area contributed by atoms with Crippen LogP contribution in [0.15, 0.2) is 0 Å². The molecule has 0 heterocycles. The molecule has 0 amide bonds. The molecule has 2 saturated carbocycles. The van der Waals surface area contributed by atoms with E-state index in [2.05, 4.69) is 5.32 Å². The summed E-state index contributed by atoms with van der Waals surface area (Å²) in [4.78, 5) is 0. The summed E-state index contributed by atoms with van der Waals surface area (Å²) in [5.41, 5.74) is 0. The first-order chi connectivity index (χ1) is 7.84. The largest absolute Gasteiger partial charge is 0.468 e. The average molecular weight is 241 g/mol. The van der Waals surface area contributed by atoms with Gasteiger partial charge in [-0.25, -0.2) is 0 Å². The molecule has 0 spiro atoms. The molecule has 0 atom stereocenters. The Kier molecular flexibility index (Phi) is 4.89. The first-order valence-corrected chi connectivity index (χ1v) is 7.22. The molecule has 0 aromatic heterocycles. The Labute approximate surface area is 104 Å². The minimum absolute atomic E-state index is 0.386. The van der Waals surface area contributed by atoms with E-state index in [4.69, 9.17) is 17.0 Å². The van der Waals surface area contributed by atoms with Crippen LogP contribution in [0.25, 0.3) is 0 Å². The summed E-state index contributed by atoms with van der Waals surface area (Å²) >= 11 is 5.28. The summed E-state index contributed by atoms with van der Waals surface area (Å²) in [6.07, 6.45) is 13.3. The van der Waals surface area contributed by atoms with Crippen molar-refractivity contribution in [2.45, 2.75) is 76.4 Å². The van der Waals surface area contributed by atoms with Gasteiger partial charge in [-0.1, -0.05) is 25.7 Å². The van der Waals surface area contributed by atoms with Gasteiger partial charge in [-0.3, -0.25) is 0 Å². The molecule has 16 heavy (non-hydrogen) atoms. The minimum atomic E-state index is 0.386. The van der Waals surface area contributed by atoms with Crippen molar-refractivity contribution in [1.82, 2.24) is 5.32 Å². The van der Waals surface area contributed by atoms with Crippen LogP contribution in [0.3, 0.4) is 0 Å². The fourth-order valence-corrected chi connectivity index (χ4v) is 3.08. The summed E-state index contributed by atoms with van der Waals surface area (Å²) < 4.78 is 5.81. The Morgan fingerprint density at radius 3 is 2.06 bits per heavy atom. The van der Waals surface area contributed by atoms with Gasteiger partial charge in [0.15, 0.2) is 0 Å². The Morgan fingerprint density at radius 2 is 1.44 bits per heavy atom. The lowest BCUT2D eigenvalue weighted by molar-refractivity contribution is 0.137. The van der Waals surface area contributed by atoms with E-state index in [9.17, 15) is 0 Å². The van der Waals surface area contributed by atoms with E-state index in [1.165, 1.54) is 64.2 Å². The smallest absolute Gasteiger partial charge is 0.257 e. The van der Waals surface area contributed by atoms with E-state index < -0.39 is 0 Å². The second-order valence-electron chi connectivity index (χ2n) is 5.14. The van der Waals surface area contributed by atoms with E-state index in [0.717, 1.165) is 0 Å². The summed E-state index contributed by atoms with van der Waals surface area (Å²) in [6.45, 7) is 0. The van der Waals surface area contributed by atoms with Crippen molar-refractivity contribution in [3.8, 4) is 0 Å². The van der Waals surface area contributed by atoms with E-state index in [-0.39, 0.29) is 0 Å². The molecule has 1 N–H and O–H groups in total. The molecule has 0 unspecified atom stereocenters. The third-order valence-electron chi connectivity index (χ3n) is 3.75. The number of nitrogens with one attached hydrogen (secondary N) is 1. The normalized spacial score (nSPS) is 24.0. The Morgan fingerprint density at radius 1 is 0.875 bits per heavy atom. The lowest BCUT2D eigenvalue weighted by Crippen LogP contribution is -2.38. The zero-order valence-corrected chi connectivity index (χ0v) is 10.9. The van der Waals surface area contributed by atoms with Gasteiger partial charge in [-0.15, -0.1) is 0 Å². The molecule has 0 saturated heterocycles. The molecule has 0 aromatic carbocycles. The Bertz CT molecular complexity index is 198. The molecule has 2 nitrogen and oxygen atoms in total. The van der Waals surface area contributed by atoms with E-state index in [1.807, 2.05) is 0 Å². The van der Waals surface area contributed by atoms with Crippen molar-refractivity contribution < 1.29 is 4.74 Å². The molecule has 2 rings (SSSR count). The number of hydrogen-bond acceptors (Lipinski definition) is 2. The van der Waals surface area contributed by atoms with Gasteiger partial charge < -0.3 is 10.1 Å². The van der Waals surface area contributed by atoms with Crippen LogP contribution >= 0.6 is 12.2 Å². The monoisotopic (exact) mass is 241 g/mol. The minimum Gasteiger partial charge on any atom is -0.468 e. The molecule has 0 radical (unpaired) electrons. The zero-order valence-electron chi connectivity index (χ0n) is 10.0. The van der Waals surface area contributed by atoms with Crippen molar-refractivity contribution in [1.29, 1.82) is 0 Å². The first kappa shape index (κ1) is 12.2. The maximum absolute atomic E-state index is 5.81. The third-order valence-corrected chi connectivity index (χ3v) is 3.97. The molecule has 2 fully saturated rings. The summed E-state index contributed by atoms with van der Waals surface area (Å²) in [5, 5.41) is 4.03. The van der Waals surface area contributed by atoms with Crippen molar-refractivity contribution in [3.63, 3.8) is 0 Å². The molecule has 0 aliphatic heterocycles.